The van der Waals surface area contributed by atoms with Gasteiger partial charge in [0, 0.05) is 39.1 Å². The first-order valence-electron chi connectivity index (χ1n) is 6.98. The second-order valence-corrected chi connectivity index (χ2v) is 5.19. The van der Waals surface area contributed by atoms with E-state index in [1.807, 2.05) is 6.07 Å². The summed E-state index contributed by atoms with van der Waals surface area (Å²) in [5.74, 6) is 0.447. The maximum Gasteiger partial charge on any atom is 0.269 e. The number of pyridine rings is 1. The van der Waals surface area contributed by atoms with E-state index >= 15 is 0 Å². The molecule has 0 atom stereocenters. The van der Waals surface area contributed by atoms with Crippen molar-refractivity contribution in [2.45, 2.75) is 18.8 Å². The lowest BCUT2D eigenvalue weighted by atomic mass is 10.1. The molecule has 1 aromatic rings. The fraction of sp³-hybridized carbons (Fsp3) is 0.571. The third-order valence-electron chi connectivity index (χ3n) is 3.78. The Morgan fingerprint density at radius 3 is 2.74 bits per heavy atom. The van der Waals surface area contributed by atoms with Crippen molar-refractivity contribution in [2.24, 2.45) is 0 Å². The van der Waals surface area contributed by atoms with Gasteiger partial charge in [0.2, 0.25) is 0 Å². The van der Waals surface area contributed by atoms with Crippen molar-refractivity contribution in [1.29, 1.82) is 0 Å². The third-order valence-corrected chi connectivity index (χ3v) is 3.78. The number of nitrogens with zero attached hydrogens (tertiary/aromatic N) is 2. The first-order chi connectivity index (χ1) is 9.29. The van der Waals surface area contributed by atoms with Crippen LogP contribution in [0.15, 0.2) is 12.1 Å². The third kappa shape index (κ3) is 2.56. The van der Waals surface area contributed by atoms with E-state index in [1.165, 1.54) is 18.5 Å². The van der Waals surface area contributed by atoms with E-state index in [9.17, 15) is 4.79 Å². The van der Waals surface area contributed by atoms with Gasteiger partial charge in [-0.05, 0) is 25.0 Å². The Hall–Kier alpha value is -1.62. The van der Waals surface area contributed by atoms with E-state index in [-0.39, 0.29) is 5.91 Å². The molecule has 2 fully saturated rings. The molecular weight excluding hydrogens is 240 g/mol. The van der Waals surface area contributed by atoms with Crippen LogP contribution < -0.4 is 15.5 Å². The number of carbonyl (C=O) groups excluding carboxylic acids is 1. The maximum atomic E-state index is 11.7. The number of hydrogen-bond acceptors (Lipinski definition) is 4. The Bertz CT molecular complexity index is 478. The molecule has 102 valence electrons. The monoisotopic (exact) mass is 260 g/mol. The van der Waals surface area contributed by atoms with Gasteiger partial charge in [0.25, 0.3) is 5.91 Å². The zero-order valence-electron chi connectivity index (χ0n) is 11.3. The minimum Gasteiger partial charge on any atom is -0.368 e. The van der Waals surface area contributed by atoms with Crippen LogP contribution in [0.4, 0.5) is 5.69 Å². The summed E-state index contributed by atoms with van der Waals surface area (Å²) in [6, 6.07) is 3.90. The van der Waals surface area contributed by atoms with E-state index in [4.69, 9.17) is 0 Å². The van der Waals surface area contributed by atoms with Crippen molar-refractivity contribution < 1.29 is 4.79 Å². The van der Waals surface area contributed by atoms with Gasteiger partial charge >= 0.3 is 0 Å². The number of aromatic nitrogens is 1. The van der Waals surface area contributed by atoms with Gasteiger partial charge in [-0.15, -0.1) is 0 Å². The zero-order valence-corrected chi connectivity index (χ0v) is 11.3. The van der Waals surface area contributed by atoms with E-state index in [0.29, 0.717) is 11.6 Å². The van der Waals surface area contributed by atoms with E-state index < -0.39 is 0 Å². The van der Waals surface area contributed by atoms with Crippen molar-refractivity contribution in [2.75, 3.05) is 38.1 Å². The van der Waals surface area contributed by atoms with Crippen LogP contribution >= 0.6 is 0 Å². The zero-order chi connectivity index (χ0) is 13.2. The fourth-order valence-electron chi connectivity index (χ4n) is 2.55. The average Bonchev–Trinajstić information content (AvgIpc) is 3.31. The number of anilines is 1. The van der Waals surface area contributed by atoms with E-state index in [0.717, 1.165) is 31.9 Å². The second-order valence-electron chi connectivity index (χ2n) is 5.19. The van der Waals surface area contributed by atoms with Crippen LogP contribution in [-0.4, -0.2) is 44.1 Å². The molecule has 1 saturated carbocycles. The normalized spacial score (nSPS) is 19.3. The van der Waals surface area contributed by atoms with Crippen molar-refractivity contribution >= 4 is 11.6 Å². The van der Waals surface area contributed by atoms with Crippen LogP contribution in [0.5, 0.6) is 0 Å². The average molecular weight is 260 g/mol. The molecule has 0 bridgehead atoms. The molecule has 19 heavy (non-hydrogen) atoms. The number of amides is 1. The molecule has 1 saturated heterocycles. The van der Waals surface area contributed by atoms with Crippen LogP contribution in [0.3, 0.4) is 0 Å². The minimum atomic E-state index is -0.103. The molecule has 1 aromatic heterocycles. The molecule has 2 N–H and O–H groups in total. The van der Waals surface area contributed by atoms with Crippen molar-refractivity contribution in [1.82, 2.24) is 15.6 Å². The summed E-state index contributed by atoms with van der Waals surface area (Å²) in [7, 11) is 1.64. The summed E-state index contributed by atoms with van der Waals surface area (Å²) in [5.41, 5.74) is 2.86. The molecule has 1 amide bonds. The lowest BCUT2D eigenvalue weighted by molar-refractivity contribution is 0.0958. The maximum absolute atomic E-state index is 11.7. The molecule has 2 aliphatic rings. The molecule has 1 aliphatic heterocycles. The molecule has 2 heterocycles. The SMILES string of the molecule is CNC(=O)c1ccc(N2CCNCC2)c(C2CC2)n1. The predicted molar refractivity (Wildman–Crippen MR) is 74.7 cm³/mol. The Balaban J connectivity index is 1.92. The highest BCUT2D eigenvalue weighted by Gasteiger charge is 2.30. The Kier molecular flexibility index (Phi) is 3.38. The van der Waals surface area contributed by atoms with Crippen molar-refractivity contribution in [3.05, 3.63) is 23.5 Å². The standard InChI is InChI=1S/C14H20N4O/c1-15-14(19)11-4-5-12(13(17-11)10-2-3-10)18-8-6-16-7-9-18/h4-5,10,16H,2-3,6-9H2,1H3,(H,15,19). The highest BCUT2D eigenvalue weighted by molar-refractivity contribution is 5.92. The Labute approximate surface area is 113 Å². The summed E-state index contributed by atoms with van der Waals surface area (Å²) < 4.78 is 0. The van der Waals surface area contributed by atoms with Gasteiger partial charge < -0.3 is 15.5 Å². The summed E-state index contributed by atoms with van der Waals surface area (Å²) in [6.45, 7) is 4.06. The van der Waals surface area contributed by atoms with Crippen LogP contribution in [0.25, 0.3) is 0 Å². The highest BCUT2D eigenvalue weighted by Crippen LogP contribution is 2.43. The Morgan fingerprint density at radius 1 is 1.37 bits per heavy atom. The van der Waals surface area contributed by atoms with Crippen molar-refractivity contribution in [3.8, 4) is 0 Å². The second kappa shape index (κ2) is 5.17. The quantitative estimate of drug-likeness (QED) is 0.841. The summed E-state index contributed by atoms with van der Waals surface area (Å²) in [5, 5.41) is 6.00. The van der Waals surface area contributed by atoms with E-state index in [1.54, 1.807) is 7.05 Å². The first-order valence-corrected chi connectivity index (χ1v) is 6.98. The van der Waals surface area contributed by atoms with Crippen LogP contribution in [-0.2, 0) is 0 Å². The number of nitrogens with one attached hydrogen (secondary N) is 2. The number of carbonyl (C=O) groups is 1. The molecule has 0 unspecified atom stereocenters. The number of piperazine rings is 1. The van der Waals surface area contributed by atoms with Gasteiger partial charge in [-0.3, -0.25) is 4.79 Å². The molecule has 0 aromatic carbocycles. The van der Waals surface area contributed by atoms with Crippen LogP contribution in [0, 0.1) is 0 Å². The molecule has 0 spiro atoms. The smallest absolute Gasteiger partial charge is 0.269 e. The minimum absolute atomic E-state index is 0.103. The van der Waals surface area contributed by atoms with Gasteiger partial charge in [0.05, 0.1) is 11.4 Å². The van der Waals surface area contributed by atoms with Gasteiger partial charge in [-0.2, -0.15) is 0 Å². The highest BCUT2D eigenvalue weighted by atomic mass is 16.1. The summed E-state index contributed by atoms with van der Waals surface area (Å²) >= 11 is 0. The molecule has 1 aliphatic carbocycles. The Morgan fingerprint density at radius 2 is 2.11 bits per heavy atom. The summed E-state index contributed by atoms with van der Waals surface area (Å²) in [4.78, 5) is 18.7. The lowest BCUT2D eigenvalue weighted by Gasteiger charge is -2.31. The number of rotatable bonds is 3. The lowest BCUT2D eigenvalue weighted by Crippen LogP contribution is -2.44. The van der Waals surface area contributed by atoms with Gasteiger partial charge in [0.1, 0.15) is 5.69 Å². The molecular formula is C14H20N4O. The molecule has 5 heteroatoms. The van der Waals surface area contributed by atoms with Crippen LogP contribution in [0.2, 0.25) is 0 Å². The first kappa shape index (κ1) is 12.4. The molecule has 5 nitrogen and oxygen atoms in total. The molecule has 3 rings (SSSR count). The topological polar surface area (TPSA) is 57.3 Å². The van der Waals surface area contributed by atoms with Crippen LogP contribution in [0.1, 0.15) is 34.9 Å². The van der Waals surface area contributed by atoms with Gasteiger partial charge in [-0.25, -0.2) is 4.98 Å². The molecule has 0 radical (unpaired) electrons. The van der Waals surface area contributed by atoms with E-state index in [2.05, 4.69) is 26.6 Å². The summed E-state index contributed by atoms with van der Waals surface area (Å²) in [6.07, 6.45) is 2.40. The van der Waals surface area contributed by atoms with Crippen molar-refractivity contribution in [3.63, 3.8) is 0 Å². The van der Waals surface area contributed by atoms with Gasteiger partial charge in [-0.1, -0.05) is 0 Å². The number of hydrogen-bond donors (Lipinski definition) is 2. The van der Waals surface area contributed by atoms with Gasteiger partial charge in [0.15, 0.2) is 0 Å². The predicted octanol–water partition coefficient (Wildman–Crippen LogP) is 0.728. The largest absolute Gasteiger partial charge is 0.368 e. The fourth-order valence-corrected chi connectivity index (χ4v) is 2.55.